The van der Waals surface area contributed by atoms with E-state index in [1.807, 2.05) is 51.7 Å². The molecule has 116 valence electrons. The van der Waals surface area contributed by atoms with E-state index in [2.05, 4.69) is 11.2 Å². The summed E-state index contributed by atoms with van der Waals surface area (Å²) in [5.74, 6) is 1.93. The maximum Gasteiger partial charge on any atom is 0.253 e. The molecule has 3 rings (SSSR count). The molecule has 1 aromatic carbocycles. The minimum Gasteiger partial charge on any atom is -0.338 e. The summed E-state index contributed by atoms with van der Waals surface area (Å²) in [6.07, 6.45) is 9.89. The van der Waals surface area contributed by atoms with Crippen LogP contribution < -0.4 is 0 Å². The molecule has 1 aliphatic heterocycles. The summed E-state index contributed by atoms with van der Waals surface area (Å²) in [5.41, 5.74) is 1.79. The number of benzene rings is 1. The Hall–Kier alpha value is -1.75. The Kier molecular flexibility index (Phi) is 4.83. The van der Waals surface area contributed by atoms with Gasteiger partial charge in [-0.1, -0.05) is 0 Å². The van der Waals surface area contributed by atoms with Crippen LogP contribution in [0, 0.1) is 5.92 Å². The molecule has 0 bridgehead atoms. The highest BCUT2D eigenvalue weighted by Crippen LogP contribution is 2.21. The van der Waals surface area contributed by atoms with Crippen molar-refractivity contribution in [3.8, 4) is 5.69 Å². The fourth-order valence-corrected chi connectivity index (χ4v) is 3.74. The number of carbonyl (C=O) groups excluding carboxylic acids is 1. The standard InChI is InChI=1S/C17H21N3OS/c1-22-12-14-3-2-9-19(11-14)17(21)15-4-6-16(7-5-15)20-10-8-18-13-20/h4-8,10,13-14H,2-3,9,11-12H2,1H3/t14-/m0/s1. The van der Waals surface area contributed by atoms with Crippen LogP contribution in [0.15, 0.2) is 43.0 Å². The second kappa shape index (κ2) is 7.01. The molecule has 1 amide bonds. The molecule has 1 atom stereocenters. The molecule has 0 unspecified atom stereocenters. The molecule has 2 heterocycles. The third kappa shape index (κ3) is 3.35. The number of aromatic nitrogens is 2. The van der Waals surface area contributed by atoms with Crippen molar-refractivity contribution in [1.29, 1.82) is 0 Å². The van der Waals surface area contributed by atoms with E-state index in [1.165, 1.54) is 6.42 Å². The van der Waals surface area contributed by atoms with Crippen molar-refractivity contribution in [2.75, 3.05) is 25.1 Å². The first-order valence-corrected chi connectivity index (χ1v) is 9.04. The van der Waals surface area contributed by atoms with Crippen LogP contribution in [0.3, 0.4) is 0 Å². The van der Waals surface area contributed by atoms with Gasteiger partial charge in [0.15, 0.2) is 0 Å². The van der Waals surface area contributed by atoms with E-state index in [0.29, 0.717) is 5.92 Å². The van der Waals surface area contributed by atoms with Crippen LogP contribution in [0.2, 0.25) is 0 Å². The summed E-state index contributed by atoms with van der Waals surface area (Å²) in [7, 11) is 0. The van der Waals surface area contributed by atoms with E-state index in [1.54, 1.807) is 12.5 Å². The Labute approximate surface area is 135 Å². The quantitative estimate of drug-likeness (QED) is 0.870. The highest BCUT2D eigenvalue weighted by molar-refractivity contribution is 7.98. The number of imidazole rings is 1. The fraction of sp³-hybridized carbons (Fsp3) is 0.412. The summed E-state index contributed by atoms with van der Waals surface area (Å²) in [6.45, 7) is 1.77. The molecule has 2 aromatic rings. The van der Waals surface area contributed by atoms with Gasteiger partial charge in [-0.3, -0.25) is 4.79 Å². The van der Waals surface area contributed by atoms with Gasteiger partial charge < -0.3 is 9.47 Å². The average molecular weight is 315 g/mol. The molecule has 1 saturated heterocycles. The van der Waals surface area contributed by atoms with Crippen molar-refractivity contribution in [1.82, 2.24) is 14.5 Å². The van der Waals surface area contributed by atoms with Gasteiger partial charge in [0.05, 0.1) is 6.33 Å². The largest absolute Gasteiger partial charge is 0.338 e. The van der Waals surface area contributed by atoms with Crippen molar-refractivity contribution in [3.05, 3.63) is 48.5 Å². The van der Waals surface area contributed by atoms with Gasteiger partial charge in [0.2, 0.25) is 0 Å². The molecule has 22 heavy (non-hydrogen) atoms. The summed E-state index contributed by atoms with van der Waals surface area (Å²) in [6, 6.07) is 7.77. The Balaban J connectivity index is 1.69. The second-order valence-corrected chi connectivity index (χ2v) is 6.64. The van der Waals surface area contributed by atoms with Gasteiger partial charge in [-0.25, -0.2) is 4.98 Å². The number of amides is 1. The molecule has 1 aromatic heterocycles. The molecule has 5 heteroatoms. The van der Waals surface area contributed by atoms with Gasteiger partial charge in [0, 0.05) is 36.7 Å². The zero-order chi connectivity index (χ0) is 15.4. The molecule has 0 N–H and O–H groups in total. The van der Waals surface area contributed by atoms with Crippen LogP contribution in [0.1, 0.15) is 23.2 Å². The Morgan fingerprint density at radius 2 is 2.18 bits per heavy atom. The van der Waals surface area contributed by atoms with Crippen LogP contribution >= 0.6 is 11.8 Å². The van der Waals surface area contributed by atoms with E-state index in [-0.39, 0.29) is 5.91 Å². The smallest absolute Gasteiger partial charge is 0.253 e. The first-order chi connectivity index (χ1) is 10.8. The number of hydrogen-bond acceptors (Lipinski definition) is 3. The number of nitrogens with zero attached hydrogens (tertiary/aromatic N) is 3. The van der Waals surface area contributed by atoms with E-state index in [0.717, 1.165) is 36.5 Å². The van der Waals surface area contributed by atoms with Crippen molar-refractivity contribution in [2.24, 2.45) is 5.92 Å². The average Bonchev–Trinajstić information content (AvgIpc) is 3.09. The number of thioether (sulfide) groups is 1. The lowest BCUT2D eigenvalue weighted by atomic mass is 9.99. The predicted octanol–water partition coefficient (Wildman–Crippen LogP) is 3.09. The Bertz CT molecular complexity index is 607. The van der Waals surface area contributed by atoms with Gasteiger partial charge in [0.25, 0.3) is 5.91 Å². The minimum atomic E-state index is 0.156. The highest BCUT2D eigenvalue weighted by Gasteiger charge is 2.24. The van der Waals surface area contributed by atoms with Crippen LogP contribution in [-0.4, -0.2) is 45.5 Å². The topological polar surface area (TPSA) is 38.1 Å². The summed E-state index contributed by atoms with van der Waals surface area (Å²) in [4.78, 5) is 18.7. The lowest BCUT2D eigenvalue weighted by Gasteiger charge is -2.32. The van der Waals surface area contributed by atoms with E-state index in [9.17, 15) is 4.79 Å². The Morgan fingerprint density at radius 1 is 1.36 bits per heavy atom. The number of likely N-dealkylation sites (tertiary alicyclic amines) is 1. The Morgan fingerprint density at radius 3 is 2.86 bits per heavy atom. The van der Waals surface area contributed by atoms with Crippen molar-refractivity contribution < 1.29 is 4.79 Å². The SMILES string of the molecule is CSC[C@H]1CCCN(C(=O)c2ccc(-n3ccnc3)cc2)C1. The van der Waals surface area contributed by atoms with Crippen molar-refractivity contribution >= 4 is 17.7 Å². The molecular weight excluding hydrogens is 294 g/mol. The third-order valence-electron chi connectivity index (χ3n) is 4.13. The van der Waals surface area contributed by atoms with Crippen LogP contribution in [0.25, 0.3) is 5.69 Å². The molecule has 4 nitrogen and oxygen atoms in total. The first kappa shape index (κ1) is 15.2. The highest BCUT2D eigenvalue weighted by atomic mass is 32.2. The molecule has 0 saturated carbocycles. The number of carbonyl (C=O) groups is 1. The lowest BCUT2D eigenvalue weighted by molar-refractivity contribution is 0.0685. The summed E-state index contributed by atoms with van der Waals surface area (Å²) >= 11 is 1.87. The lowest BCUT2D eigenvalue weighted by Crippen LogP contribution is -2.40. The molecule has 0 radical (unpaired) electrons. The normalized spacial score (nSPS) is 18.4. The monoisotopic (exact) mass is 315 g/mol. The van der Waals surface area contributed by atoms with Crippen LogP contribution in [0.5, 0.6) is 0 Å². The van der Waals surface area contributed by atoms with Crippen molar-refractivity contribution in [3.63, 3.8) is 0 Å². The van der Waals surface area contributed by atoms with E-state index in [4.69, 9.17) is 0 Å². The van der Waals surface area contributed by atoms with E-state index < -0.39 is 0 Å². The van der Waals surface area contributed by atoms with Crippen LogP contribution in [0.4, 0.5) is 0 Å². The van der Waals surface area contributed by atoms with Gasteiger partial charge in [0.1, 0.15) is 0 Å². The van der Waals surface area contributed by atoms with Gasteiger partial charge in [-0.2, -0.15) is 11.8 Å². The maximum atomic E-state index is 12.6. The summed E-state index contributed by atoms with van der Waals surface area (Å²) < 4.78 is 1.93. The summed E-state index contributed by atoms with van der Waals surface area (Å²) in [5, 5.41) is 0. The molecule has 1 fully saturated rings. The van der Waals surface area contributed by atoms with Gasteiger partial charge in [-0.05, 0) is 55.0 Å². The zero-order valence-corrected chi connectivity index (χ0v) is 13.6. The van der Waals surface area contributed by atoms with Gasteiger partial charge in [-0.15, -0.1) is 0 Å². The number of rotatable bonds is 4. The fourth-order valence-electron chi connectivity index (χ4n) is 2.99. The molecule has 0 spiro atoms. The third-order valence-corrected chi connectivity index (χ3v) is 4.93. The number of piperidine rings is 1. The minimum absolute atomic E-state index is 0.156. The molecule has 0 aliphatic carbocycles. The second-order valence-electron chi connectivity index (χ2n) is 5.73. The van der Waals surface area contributed by atoms with Gasteiger partial charge >= 0.3 is 0 Å². The molecule has 1 aliphatic rings. The first-order valence-electron chi connectivity index (χ1n) is 7.64. The number of hydrogen-bond donors (Lipinski definition) is 0. The van der Waals surface area contributed by atoms with E-state index >= 15 is 0 Å². The van der Waals surface area contributed by atoms with Crippen LogP contribution in [-0.2, 0) is 0 Å². The predicted molar refractivity (Wildman–Crippen MR) is 90.6 cm³/mol. The van der Waals surface area contributed by atoms with Crippen molar-refractivity contribution in [2.45, 2.75) is 12.8 Å². The maximum absolute atomic E-state index is 12.6. The zero-order valence-electron chi connectivity index (χ0n) is 12.8. The molecular formula is C17H21N3OS.